The van der Waals surface area contributed by atoms with Gasteiger partial charge in [0.15, 0.2) is 0 Å². The second-order valence-corrected chi connectivity index (χ2v) is 18.2. The van der Waals surface area contributed by atoms with Crippen molar-refractivity contribution in [3.63, 3.8) is 0 Å². The highest BCUT2D eigenvalue weighted by Gasteiger charge is 2.18. The van der Waals surface area contributed by atoms with Crippen LogP contribution in [0.4, 0.5) is 0 Å². The summed E-state index contributed by atoms with van der Waals surface area (Å²) >= 11 is 0. The van der Waals surface area contributed by atoms with Crippen molar-refractivity contribution < 1.29 is 24.5 Å². The van der Waals surface area contributed by atoms with E-state index in [0.29, 0.717) is 19.4 Å². The predicted octanol–water partition coefficient (Wildman–Crippen LogP) is 16.1. The van der Waals surface area contributed by atoms with Crippen LogP contribution >= 0.6 is 0 Å². The zero-order valence-corrected chi connectivity index (χ0v) is 40.6. The number of esters is 1. The first-order valence-electron chi connectivity index (χ1n) is 26.8. The molecular formula is C55H103NO5. The van der Waals surface area contributed by atoms with E-state index in [9.17, 15) is 19.8 Å². The molecule has 0 rings (SSSR count). The van der Waals surface area contributed by atoms with Crippen molar-refractivity contribution >= 4 is 11.9 Å². The number of rotatable bonds is 49. The number of nitrogens with one attached hydrogen (secondary N) is 1. The van der Waals surface area contributed by atoms with Gasteiger partial charge in [-0.15, -0.1) is 0 Å². The van der Waals surface area contributed by atoms with E-state index in [1.54, 1.807) is 6.08 Å². The molecule has 0 aliphatic heterocycles. The minimum absolute atomic E-state index is 0.00852. The van der Waals surface area contributed by atoms with Crippen molar-refractivity contribution in [3.8, 4) is 0 Å². The molecule has 0 aromatic carbocycles. The van der Waals surface area contributed by atoms with E-state index in [1.807, 2.05) is 6.08 Å². The highest BCUT2D eigenvalue weighted by molar-refractivity contribution is 5.76. The molecule has 0 aliphatic carbocycles. The standard InChI is InChI=1S/C55H103NO5/c1-3-5-7-9-11-13-15-16-24-28-31-35-39-43-47-53(58)52(51-57)56-54(59)48-44-40-36-32-29-25-22-20-18-17-19-21-23-26-30-34-38-42-46-50-61-55(60)49-45-41-37-33-27-14-12-10-8-6-4-2/h10,12,17-18,43,47,52-53,57-58H,3-9,11,13-16,19-42,44-46,48-51H2,1-2H3,(H,56,59)/b12-10-,18-17-,47-43+. The molecule has 1 amide bonds. The Kier molecular flexibility index (Phi) is 49.1. The Labute approximate surface area is 379 Å². The summed E-state index contributed by atoms with van der Waals surface area (Å²) in [4.78, 5) is 24.4. The fraction of sp³-hybridized carbons (Fsp3) is 0.855. The van der Waals surface area contributed by atoms with Crippen LogP contribution in [0.15, 0.2) is 36.5 Å². The molecule has 0 aromatic heterocycles. The molecule has 6 heteroatoms. The Morgan fingerprint density at radius 1 is 0.443 bits per heavy atom. The first kappa shape index (κ1) is 59.1. The van der Waals surface area contributed by atoms with E-state index in [0.717, 1.165) is 51.4 Å². The number of allylic oxidation sites excluding steroid dienone is 5. The van der Waals surface area contributed by atoms with E-state index in [4.69, 9.17) is 4.74 Å². The molecule has 0 heterocycles. The van der Waals surface area contributed by atoms with Gasteiger partial charge in [-0.05, 0) is 77.0 Å². The number of aliphatic hydroxyl groups excluding tert-OH is 2. The zero-order chi connectivity index (χ0) is 44.4. The molecule has 0 saturated carbocycles. The van der Waals surface area contributed by atoms with Crippen LogP contribution in [0.25, 0.3) is 0 Å². The van der Waals surface area contributed by atoms with Gasteiger partial charge < -0.3 is 20.3 Å². The van der Waals surface area contributed by atoms with E-state index >= 15 is 0 Å². The van der Waals surface area contributed by atoms with E-state index in [2.05, 4.69) is 43.5 Å². The summed E-state index contributed by atoms with van der Waals surface area (Å²) in [5, 5.41) is 23.0. The molecular weight excluding hydrogens is 755 g/mol. The van der Waals surface area contributed by atoms with Crippen molar-refractivity contribution in [3.05, 3.63) is 36.5 Å². The van der Waals surface area contributed by atoms with E-state index in [-0.39, 0.29) is 18.5 Å². The average Bonchev–Trinajstić information content (AvgIpc) is 3.26. The lowest BCUT2D eigenvalue weighted by molar-refractivity contribution is -0.143. The van der Waals surface area contributed by atoms with Crippen molar-refractivity contribution in [2.45, 2.75) is 289 Å². The fourth-order valence-electron chi connectivity index (χ4n) is 7.96. The molecule has 358 valence electrons. The van der Waals surface area contributed by atoms with E-state index < -0.39 is 12.1 Å². The molecule has 2 unspecified atom stereocenters. The van der Waals surface area contributed by atoms with Crippen molar-refractivity contribution in [2.24, 2.45) is 0 Å². The number of aliphatic hydroxyl groups is 2. The number of hydrogen-bond acceptors (Lipinski definition) is 5. The Bertz CT molecular complexity index is 993. The predicted molar refractivity (Wildman–Crippen MR) is 264 cm³/mol. The summed E-state index contributed by atoms with van der Waals surface area (Å²) in [6, 6.07) is -0.634. The molecule has 0 radical (unpaired) electrons. The Morgan fingerprint density at radius 3 is 1.21 bits per heavy atom. The van der Waals surface area contributed by atoms with Gasteiger partial charge in [0.1, 0.15) is 0 Å². The van der Waals surface area contributed by atoms with Gasteiger partial charge in [-0.25, -0.2) is 0 Å². The maximum atomic E-state index is 12.4. The monoisotopic (exact) mass is 858 g/mol. The molecule has 0 aromatic rings. The number of amides is 1. The second kappa shape index (κ2) is 50.7. The SMILES string of the molecule is CCCC/C=C\CCCCCCCC(=O)OCCCCCCCCCC/C=C\CCCCCCCCCC(=O)NC(CO)C(O)/C=C/CCCCCCCCCCCCCC. The lowest BCUT2D eigenvalue weighted by Crippen LogP contribution is -2.45. The molecule has 0 aliphatic rings. The van der Waals surface area contributed by atoms with Crippen LogP contribution in [-0.2, 0) is 14.3 Å². The molecule has 0 saturated heterocycles. The molecule has 6 nitrogen and oxygen atoms in total. The number of carbonyl (C=O) groups excluding carboxylic acids is 2. The van der Waals surface area contributed by atoms with Gasteiger partial charge in [0.25, 0.3) is 0 Å². The summed E-state index contributed by atoms with van der Waals surface area (Å²) < 4.78 is 5.44. The zero-order valence-electron chi connectivity index (χ0n) is 40.6. The highest BCUT2D eigenvalue weighted by Crippen LogP contribution is 2.15. The third-order valence-corrected chi connectivity index (χ3v) is 12.1. The molecule has 2 atom stereocenters. The minimum Gasteiger partial charge on any atom is -0.466 e. The summed E-state index contributed by atoms with van der Waals surface area (Å²) in [7, 11) is 0. The maximum Gasteiger partial charge on any atom is 0.305 e. The fourth-order valence-corrected chi connectivity index (χ4v) is 7.96. The van der Waals surface area contributed by atoms with Gasteiger partial charge in [0, 0.05) is 12.8 Å². The van der Waals surface area contributed by atoms with Crippen LogP contribution in [0.2, 0.25) is 0 Å². The molecule has 61 heavy (non-hydrogen) atoms. The lowest BCUT2D eigenvalue weighted by atomic mass is 10.0. The van der Waals surface area contributed by atoms with Crippen LogP contribution < -0.4 is 5.32 Å². The van der Waals surface area contributed by atoms with Gasteiger partial charge in [0.05, 0.1) is 25.4 Å². The van der Waals surface area contributed by atoms with Gasteiger partial charge in [-0.2, -0.15) is 0 Å². The van der Waals surface area contributed by atoms with Crippen molar-refractivity contribution in [1.29, 1.82) is 0 Å². The van der Waals surface area contributed by atoms with Gasteiger partial charge >= 0.3 is 5.97 Å². The smallest absolute Gasteiger partial charge is 0.305 e. The Hall–Kier alpha value is -1.92. The molecule has 0 fully saturated rings. The van der Waals surface area contributed by atoms with Crippen molar-refractivity contribution in [1.82, 2.24) is 5.32 Å². The summed E-state index contributed by atoms with van der Waals surface area (Å²) in [6.07, 6.45) is 61.5. The van der Waals surface area contributed by atoms with Crippen LogP contribution in [0, 0.1) is 0 Å². The van der Waals surface area contributed by atoms with Gasteiger partial charge in [-0.1, -0.05) is 224 Å². The normalized spacial score (nSPS) is 12.9. The number of unbranched alkanes of at least 4 members (excludes halogenated alkanes) is 34. The van der Waals surface area contributed by atoms with Crippen molar-refractivity contribution in [2.75, 3.05) is 13.2 Å². The van der Waals surface area contributed by atoms with Gasteiger partial charge in [0.2, 0.25) is 5.91 Å². The minimum atomic E-state index is -0.850. The Morgan fingerprint density at radius 2 is 0.787 bits per heavy atom. The molecule has 0 bridgehead atoms. The summed E-state index contributed by atoms with van der Waals surface area (Å²) in [5.74, 6) is -0.0868. The highest BCUT2D eigenvalue weighted by atomic mass is 16.5. The topological polar surface area (TPSA) is 95.9 Å². The average molecular weight is 858 g/mol. The largest absolute Gasteiger partial charge is 0.466 e. The maximum absolute atomic E-state index is 12.4. The first-order valence-corrected chi connectivity index (χ1v) is 26.8. The first-order chi connectivity index (χ1) is 30.0. The summed E-state index contributed by atoms with van der Waals surface area (Å²) in [5.41, 5.74) is 0. The van der Waals surface area contributed by atoms with E-state index in [1.165, 1.54) is 199 Å². The van der Waals surface area contributed by atoms with Crippen LogP contribution in [0.3, 0.4) is 0 Å². The van der Waals surface area contributed by atoms with Gasteiger partial charge in [-0.3, -0.25) is 9.59 Å². The van der Waals surface area contributed by atoms with Crippen LogP contribution in [0.1, 0.15) is 277 Å². The number of carbonyl (C=O) groups is 2. The van der Waals surface area contributed by atoms with Crippen LogP contribution in [0.5, 0.6) is 0 Å². The lowest BCUT2D eigenvalue weighted by Gasteiger charge is -2.20. The molecule has 3 N–H and O–H groups in total. The Balaban J connectivity index is 3.48. The number of hydrogen-bond donors (Lipinski definition) is 3. The number of ether oxygens (including phenoxy) is 1. The quantitative estimate of drug-likeness (QED) is 0.0322. The third kappa shape index (κ3) is 47.4. The summed E-state index contributed by atoms with van der Waals surface area (Å²) in [6.45, 7) is 4.84. The second-order valence-electron chi connectivity index (χ2n) is 18.2. The third-order valence-electron chi connectivity index (χ3n) is 12.1. The molecule has 0 spiro atoms. The van der Waals surface area contributed by atoms with Crippen LogP contribution in [-0.4, -0.2) is 47.4 Å².